The summed E-state index contributed by atoms with van der Waals surface area (Å²) in [7, 11) is 0. The van der Waals surface area contributed by atoms with Gasteiger partial charge >= 0.3 is 0 Å². The van der Waals surface area contributed by atoms with Crippen molar-refractivity contribution in [3.8, 4) is 11.8 Å². The van der Waals surface area contributed by atoms with Crippen molar-refractivity contribution in [2.75, 3.05) is 0 Å². The van der Waals surface area contributed by atoms with E-state index in [1.807, 2.05) is 0 Å². The van der Waals surface area contributed by atoms with Crippen molar-refractivity contribution < 1.29 is 0 Å². The van der Waals surface area contributed by atoms with Gasteiger partial charge in [-0.2, -0.15) is 0 Å². The SMILES string of the molecule is Cc1ccc(C#C[C@@H]2C=CCCC2)cc1. The second-order valence-electron chi connectivity index (χ2n) is 4.10. The number of benzene rings is 1. The van der Waals surface area contributed by atoms with Crippen LogP contribution in [-0.2, 0) is 0 Å². The molecule has 2 rings (SSSR count). The fraction of sp³-hybridized carbons (Fsp3) is 0.333. The van der Waals surface area contributed by atoms with E-state index < -0.39 is 0 Å². The van der Waals surface area contributed by atoms with E-state index in [0.717, 1.165) is 5.56 Å². The minimum atomic E-state index is 0.472. The van der Waals surface area contributed by atoms with E-state index in [2.05, 4.69) is 55.2 Å². The highest BCUT2D eigenvalue weighted by Crippen LogP contribution is 2.15. The van der Waals surface area contributed by atoms with Crippen LogP contribution < -0.4 is 0 Å². The van der Waals surface area contributed by atoms with Crippen LogP contribution in [0.25, 0.3) is 0 Å². The second-order valence-corrected chi connectivity index (χ2v) is 4.10. The van der Waals surface area contributed by atoms with Crippen molar-refractivity contribution in [3.63, 3.8) is 0 Å². The Morgan fingerprint density at radius 3 is 2.67 bits per heavy atom. The average molecular weight is 196 g/mol. The fourth-order valence-corrected chi connectivity index (χ4v) is 1.75. The molecule has 0 amide bonds. The monoisotopic (exact) mass is 196 g/mol. The van der Waals surface area contributed by atoms with Crippen molar-refractivity contribution in [1.29, 1.82) is 0 Å². The normalized spacial score (nSPS) is 19.4. The molecule has 0 spiro atoms. The summed E-state index contributed by atoms with van der Waals surface area (Å²) in [6, 6.07) is 8.41. The van der Waals surface area contributed by atoms with Gasteiger partial charge in [0.25, 0.3) is 0 Å². The maximum absolute atomic E-state index is 3.32. The van der Waals surface area contributed by atoms with Crippen molar-refractivity contribution in [3.05, 3.63) is 47.5 Å². The first-order valence-electron chi connectivity index (χ1n) is 5.59. The van der Waals surface area contributed by atoms with Gasteiger partial charge in [0, 0.05) is 11.5 Å². The number of hydrogen-bond acceptors (Lipinski definition) is 0. The van der Waals surface area contributed by atoms with Gasteiger partial charge in [-0.15, -0.1) is 0 Å². The number of hydrogen-bond donors (Lipinski definition) is 0. The molecule has 0 saturated carbocycles. The lowest BCUT2D eigenvalue weighted by molar-refractivity contribution is 0.645. The first-order valence-corrected chi connectivity index (χ1v) is 5.59. The van der Waals surface area contributed by atoms with Gasteiger partial charge in [-0.1, -0.05) is 41.7 Å². The molecular formula is C15H16. The van der Waals surface area contributed by atoms with E-state index in [1.165, 1.54) is 24.8 Å². The molecular weight excluding hydrogens is 180 g/mol. The molecule has 15 heavy (non-hydrogen) atoms. The lowest BCUT2D eigenvalue weighted by Gasteiger charge is -2.08. The molecule has 0 saturated heterocycles. The summed E-state index contributed by atoms with van der Waals surface area (Å²) in [6.07, 6.45) is 8.21. The summed E-state index contributed by atoms with van der Waals surface area (Å²) in [5.41, 5.74) is 2.41. The summed E-state index contributed by atoms with van der Waals surface area (Å²) >= 11 is 0. The molecule has 0 heteroatoms. The summed E-state index contributed by atoms with van der Waals surface area (Å²) in [6.45, 7) is 2.10. The first kappa shape index (κ1) is 10.1. The van der Waals surface area contributed by atoms with Crippen molar-refractivity contribution >= 4 is 0 Å². The predicted octanol–water partition coefficient (Wildman–Crippen LogP) is 3.70. The van der Waals surface area contributed by atoms with E-state index in [4.69, 9.17) is 0 Å². The Bertz CT molecular complexity index is 398. The van der Waals surface area contributed by atoms with Gasteiger partial charge in [0.1, 0.15) is 0 Å². The fourth-order valence-electron chi connectivity index (χ4n) is 1.75. The lowest BCUT2D eigenvalue weighted by Crippen LogP contribution is -1.96. The van der Waals surface area contributed by atoms with Crippen LogP contribution in [0.2, 0.25) is 0 Å². The van der Waals surface area contributed by atoms with Crippen LogP contribution in [0.4, 0.5) is 0 Å². The third-order valence-electron chi connectivity index (χ3n) is 2.71. The van der Waals surface area contributed by atoms with Crippen molar-refractivity contribution in [1.82, 2.24) is 0 Å². The van der Waals surface area contributed by atoms with E-state index in [9.17, 15) is 0 Å². The first-order chi connectivity index (χ1) is 7.34. The smallest absolute Gasteiger partial charge is 0.0386 e. The van der Waals surface area contributed by atoms with E-state index in [0.29, 0.717) is 5.92 Å². The maximum Gasteiger partial charge on any atom is 0.0386 e. The minimum Gasteiger partial charge on any atom is -0.0903 e. The molecule has 0 heterocycles. The third kappa shape index (κ3) is 2.99. The van der Waals surface area contributed by atoms with Gasteiger partial charge in [0.15, 0.2) is 0 Å². The minimum absolute atomic E-state index is 0.472. The topological polar surface area (TPSA) is 0 Å². The van der Waals surface area contributed by atoms with Crippen LogP contribution in [0.3, 0.4) is 0 Å². The van der Waals surface area contributed by atoms with E-state index in [-0.39, 0.29) is 0 Å². The summed E-state index contributed by atoms with van der Waals surface area (Å²) in [5.74, 6) is 7.03. The Balaban J connectivity index is 2.07. The lowest BCUT2D eigenvalue weighted by atomic mass is 9.96. The highest BCUT2D eigenvalue weighted by molar-refractivity contribution is 5.36. The maximum atomic E-state index is 3.32. The molecule has 1 aromatic rings. The predicted molar refractivity (Wildman–Crippen MR) is 64.5 cm³/mol. The van der Waals surface area contributed by atoms with Crippen LogP contribution in [0.15, 0.2) is 36.4 Å². The zero-order valence-corrected chi connectivity index (χ0v) is 9.16. The van der Waals surface area contributed by atoms with Crippen LogP contribution in [0.5, 0.6) is 0 Å². The van der Waals surface area contributed by atoms with Crippen LogP contribution >= 0.6 is 0 Å². The summed E-state index contributed by atoms with van der Waals surface area (Å²) in [5, 5.41) is 0. The number of aryl methyl sites for hydroxylation is 1. The van der Waals surface area contributed by atoms with Gasteiger partial charge in [-0.05, 0) is 38.3 Å². The van der Waals surface area contributed by atoms with Crippen LogP contribution in [0, 0.1) is 24.7 Å². The van der Waals surface area contributed by atoms with E-state index in [1.54, 1.807) is 0 Å². The second kappa shape index (κ2) is 4.84. The zero-order valence-electron chi connectivity index (χ0n) is 9.16. The third-order valence-corrected chi connectivity index (χ3v) is 2.71. The molecule has 0 fully saturated rings. The Labute approximate surface area is 92.0 Å². The van der Waals surface area contributed by atoms with Crippen LogP contribution in [0.1, 0.15) is 30.4 Å². The largest absolute Gasteiger partial charge is 0.0903 e. The van der Waals surface area contributed by atoms with Crippen molar-refractivity contribution in [2.24, 2.45) is 5.92 Å². The Kier molecular flexibility index (Phi) is 3.25. The molecule has 1 aliphatic rings. The highest BCUT2D eigenvalue weighted by Gasteiger charge is 2.03. The average Bonchev–Trinajstić information content (AvgIpc) is 2.30. The molecule has 76 valence electrons. The highest BCUT2D eigenvalue weighted by atomic mass is 14.1. The number of rotatable bonds is 0. The zero-order chi connectivity index (χ0) is 10.5. The molecule has 0 N–H and O–H groups in total. The Hall–Kier alpha value is -1.48. The Morgan fingerprint density at radius 2 is 2.00 bits per heavy atom. The molecule has 1 aliphatic carbocycles. The number of allylic oxidation sites excluding steroid dienone is 2. The molecule has 0 aromatic heterocycles. The standard InChI is InChI=1S/C15H16/c1-13-7-9-15(10-8-13)12-11-14-5-3-2-4-6-14/h3,5,7-10,14H,2,4,6H2,1H3/t14-/m1/s1. The molecule has 0 unspecified atom stereocenters. The van der Waals surface area contributed by atoms with Gasteiger partial charge in [0.05, 0.1) is 0 Å². The molecule has 1 atom stereocenters. The van der Waals surface area contributed by atoms with Gasteiger partial charge in [-0.3, -0.25) is 0 Å². The van der Waals surface area contributed by atoms with Gasteiger partial charge < -0.3 is 0 Å². The molecule has 0 bridgehead atoms. The molecule has 0 nitrogen and oxygen atoms in total. The summed E-state index contributed by atoms with van der Waals surface area (Å²) < 4.78 is 0. The molecule has 1 aromatic carbocycles. The van der Waals surface area contributed by atoms with Gasteiger partial charge in [-0.25, -0.2) is 0 Å². The van der Waals surface area contributed by atoms with Crippen LogP contribution in [-0.4, -0.2) is 0 Å². The Morgan fingerprint density at radius 1 is 1.20 bits per heavy atom. The summed E-state index contributed by atoms with van der Waals surface area (Å²) in [4.78, 5) is 0. The quantitative estimate of drug-likeness (QED) is 0.438. The van der Waals surface area contributed by atoms with E-state index >= 15 is 0 Å². The molecule has 0 radical (unpaired) electrons. The van der Waals surface area contributed by atoms with Crippen molar-refractivity contribution in [2.45, 2.75) is 26.2 Å². The van der Waals surface area contributed by atoms with Gasteiger partial charge in [0.2, 0.25) is 0 Å². The molecule has 0 aliphatic heterocycles.